The van der Waals surface area contributed by atoms with Gasteiger partial charge in [-0.1, -0.05) is 57.0 Å². The van der Waals surface area contributed by atoms with Crippen molar-refractivity contribution in [2.45, 2.75) is 64.2 Å². The molecule has 1 unspecified atom stereocenters. The van der Waals surface area contributed by atoms with Gasteiger partial charge in [0.2, 0.25) is 5.95 Å². The second-order valence-electron chi connectivity index (χ2n) is 7.26. The van der Waals surface area contributed by atoms with Crippen molar-refractivity contribution in [2.24, 2.45) is 0 Å². The van der Waals surface area contributed by atoms with Gasteiger partial charge in [0.05, 0.1) is 5.69 Å². The molecule has 4 nitrogen and oxygen atoms in total. The van der Waals surface area contributed by atoms with Crippen LogP contribution in [-0.4, -0.2) is 23.1 Å². The predicted molar refractivity (Wildman–Crippen MR) is 110 cm³/mol. The standard InChI is InChI=1S/C22H32N4/c1-3-5-14-23-21-16-20(25-22(26-21)24-15-6-4-2)19-13-12-18(19)17-10-8-7-9-11-17/h7-11,16,18-19H,3-6,12-15H2,1-2H3,(H2,23,24,25,26)/t18?,19-/m0/s1. The van der Waals surface area contributed by atoms with Gasteiger partial charge in [0.25, 0.3) is 0 Å². The van der Waals surface area contributed by atoms with E-state index in [0.29, 0.717) is 11.8 Å². The molecule has 1 heterocycles. The van der Waals surface area contributed by atoms with Crippen LogP contribution in [0.25, 0.3) is 0 Å². The van der Waals surface area contributed by atoms with Crippen LogP contribution in [0.1, 0.15) is 75.5 Å². The van der Waals surface area contributed by atoms with Crippen molar-refractivity contribution in [2.75, 3.05) is 23.7 Å². The molecule has 4 heteroatoms. The third-order valence-corrected chi connectivity index (χ3v) is 5.28. The molecule has 2 aromatic rings. The zero-order valence-corrected chi connectivity index (χ0v) is 16.2. The van der Waals surface area contributed by atoms with Crippen molar-refractivity contribution >= 4 is 11.8 Å². The molecule has 0 amide bonds. The highest BCUT2D eigenvalue weighted by Crippen LogP contribution is 2.48. The Labute approximate surface area is 157 Å². The number of nitrogens with zero attached hydrogens (tertiary/aromatic N) is 2. The average Bonchev–Trinajstić information content (AvgIpc) is 2.62. The van der Waals surface area contributed by atoms with E-state index in [1.165, 1.54) is 36.9 Å². The lowest BCUT2D eigenvalue weighted by Gasteiger charge is -2.37. The highest BCUT2D eigenvalue weighted by molar-refractivity contribution is 5.44. The van der Waals surface area contributed by atoms with Gasteiger partial charge in [0.15, 0.2) is 0 Å². The molecule has 1 aliphatic carbocycles. The molecule has 0 bridgehead atoms. The molecule has 3 rings (SSSR count). The van der Waals surface area contributed by atoms with Gasteiger partial charge >= 0.3 is 0 Å². The number of rotatable bonds is 10. The summed E-state index contributed by atoms with van der Waals surface area (Å²) in [5.41, 5.74) is 2.61. The van der Waals surface area contributed by atoms with Crippen molar-refractivity contribution in [1.29, 1.82) is 0 Å². The Morgan fingerprint density at radius 3 is 2.23 bits per heavy atom. The quantitative estimate of drug-likeness (QED) is 0.549. The fraction of sp³-hybridized carbons (Fsp3) is 0.545. The number of aromatic nitrogens is 2. The van der Waals surface area contributed by atoms with Crippen molar-refractivity contribution < 1.29 is 0 Å². The number of hydrogen-bond donors (Lipinski definition) is 2. The molecule has 2 atom stereocenters. The molecule has 0 aliphatic heterocycles. The Kier molecular flexibility index (Phi) is 6.87. The van der Waals surface area contributed by atoms with Crippen LogP contribution in [0.5, 0.6) is 0 Å². The highest BCUT2D eigenvalue weighted by Gasteiger charge is 2.34. The first-order valence-electron chi connectivity index (χ1n) is 10.2. The number of nitrogens with one attached hydrogen (secondary N) is 2. The summed E-state index contributed by atoms with van der Waals surface area (Å²) < 4.78 is 0. The van der Waals surface area contributed by atoms with Crippen LogP contribution >= 0.6 is 0 Å². The first kappa shape index (κ1) is 18.7. The predicted octanol–water partition coefficient (Wildman–Crippen LogP) is 5.56. The maximum Gasteiger partial charge on any atom is 0.224 e. The molecule has 1 aromatic carbocycles. The summed E-state index contributed by atoms with van der Waals surface area (Å²) in [6.07, 6.45) is 7.11. The van der Waals surface area contributed by atoms with Gasteiger partial charge in [-0.25, -0.2) is 4.98 Å². The minimum atomic E-state index is 0.499. The lowest BCUT2D eigenvalue weighted by Crippen LogP contribution is -2.23. The summed E-state index contributed by atoms with van der Waals surface area (Å²) in [6, 6.07) is 13.0. The second-order valence-corrected chi connectivity index (χ2v) is 7.26. The minimum Gasteiger partial charge on any atom is -0.370 e. The first-order chi connectivity index (χ1) is 12.8. The van der Waals surface area contributed by atoms with E-state index < -0.39 is 0 Å². The molecule has 1 aliphatic rings. The molecule has 140 valence electrons. The van der Waals surface area contributed by atoms with Crippen molar-refractivity contribution in [1.82, 2.24) is 9.97 Å². The summed E-state index contributed by atoms with van der Waals surface area (Å²) in [7, 11) is 0. The van der Waals surface area contributed by atoms with Crippen LogP contribution in [-0.2, 0) is 0 Å². The highest BCUT2D eigenvalue weighted by atomic mass is 15.1. The molecule has 1 fully saturated rings. The van der Waals surface area contributed by atoms with E-state index in [2.05, 4.69) is 65.9 Å². The fourth-order valence-electron chi connectivity index (χ4n) is 3.55. The van der Waals surface area contributed by atoms with E-state index in [1.807, 2.05) is 0 Å². The molecule has 0 radical (unpaired) electrons. The van der Waals surface area contributed by atoms with E-state index in [-0.39, 0.29) is 0 Å². The van der Waals surface area contributed by atoms with Gasteiger partial charge < -0.3 is 10.6 Å². The number of benzene rings is 1. The Morgan fingerprint density at radius 2 is 1.58 bits per heavy atom. The van der Waals surface area contributed by atoms with E-state index in [1.54, 1.807) is 0 Å². The van der Waals surface area contributed by atoms with Crippen LogP contribution < -0.4 is 10.6 Å². The van der Waals surface area contributed by atoms with Gasteiger partial charge in [-0.2, -0.15) is 4.98 Å². The van der Waals surface area contributed by atoms with Gasteiger partial charge in [0.1, 0.15) is 5.82 Å². The number of unbranched alkanes of at least 4 members (excludes halogenated alkanes) is 2. The molecule has 1 saturated carbocycles. The lowest BCUT2D eigenvalue weighted by atomic mass is 9.68. The monoisotopic (exact) mass is 352 g/mol. The topological polar surface area (TPSA) is 49.8 Å². The van der Waals surface area contributed by atoms with Crippen molar-refractivity contribution in [3.8, 4) is 0 Å². The summed E-state index contributed by atoms with van der Waals surface area (Å²) in [4.78, 5) is 9.55. The summed E-state index contributed by atoms with van der Waals surface area (Å²) in [5, 5.41) is 6.90. The lowest BCUT2D eigenvalue weighted by molar-refractivity contribution is 0.340. The second kappa shape index (κ2) is 9.56. The van der Waals surface area contributed by atoms with Gasteiger partial charge in [-0.05, 0) is 37.2 Å². The molecule has 0 saturated heterocycles. The molecule has 0 spiro atoms. The minimum absolute atomic E-state index is 0.499. The SMILES string of the molecule is CCCCNc1cc([C@H]2CCC2c2ccccc2)nc(NCCCC)n1. The van der Waals surface area contributed by atoms with E-state index in [4.69, 9.17) is 4.98 Å². The maximum atomic E-state index is 4.87. The molecule has 1 aromatic heterocycles. The van der Waals surface area contributed by atoms with Crippen LogP contribution in [0.2, 0.25) is 0 Å². The van der Waals surface area contributed by atoms with E-state index >= 15 is 0 Å². The van der Waals surface area contributed by atoms with Gasteiger partial charge in [-0.15, -0.1) is 0 Å². The molecular weight excluding hydrogens is 320 g/mol. The van der Waals surface area contributed by atoms with E-state index in [9.17, 15) is 0 Å². The van der Waals surface area contributed by atoms with Gasteiger partial charge in [0, 0.05) is 25.1 Å². The molecular formula is C22H32N4. The molecule has 26 heavy (non-hydrogen) atoms. The van der Waals surface area contributed by atoms with E-state index in [0.717, 1.165) is 37.7 Å². The van der Waals surface area contributed by atoms with Crippen molar-refractivity contribution in [3.63, 3.8) is 0 Å². The Morgan fingerprint density at radius 1 is 0.885 bits per heavy atom. The summed E-state index contributed by atoms with van der Waals surface area (Å²) in [5.74, 6) is 2.81. The zero-order valence-electron chi connectivity index (χ0n) is 16.2. The Balaban J connectivity index is 1.77. The van der Waals surface area contributed by atoms with Crippen molar-refractivity contribution in [3.05, 3.63) is 47.7 Å². The average molecular weight is 353 g/mol. The third kappa shape index (κ3) is 4.75. The number of hydrogen-bond acceptors (Lipinski definition) is 4. The summed E-state index contributed by atoms with van der Waals surface area (Å²) >= 11 is 0. The Bertz CT molecular complexity index is 643. The van der Waals surface area contributed by atoms with Crippen LogP contribution in [0.3, 0.4) is 0 Å². The fourth-order valence-corrected chi connectivity index (χ4v) is 3.55. The largest absolute Gasteiger partial charge is 0.370 e. The maximum absolute atomic E-state index is 4.87. The summed E-state index contributed by atoms with van der Waals surface area (Å²) in [6.45, 7) is 6.31. The van der Waals surface area contributed by atoms with Gasteiger partial charge in [-0.3, -0.25) is 0 Å². The first-order valence-corrected chi connectivity index (χ1v) is 10.2. The molecule has 2 N–H and O–H groups in total. The van der Waals surface area contributed by atoms with Crippen LogP contribution in [0.15, 0.2) is 36.4 Å². The zero-order chi connectivity index (χ0) is 18.2. The smallest absolute Gasteiger partial charge is 0.224 e. The Hall–Kier alpha value is -2.10. The number of anilines is 2. The third-order valence-electron chi connectivity index (χ3n) is 5.28. The van der Waals surface area contributed by atoms with Crippen LogP contribution in [0, 0.1) is 0 Å². The normalized spacial score (nSPS) is 19.0. The van der Waals surface area contributed by atoms with Crippen LogP contribution in [0.4, 0.5) is 11.8 Å².